The molecule has 0 N–H and O–H groups in total. The zero-order chi connectivity index (χ0) is 11.4. The number of hydrogen-bond donors (Lipinski definition) is 0. The predicted octanol–water partition coefficient (Wildman–Crippen LogP) is 2.24. The Hall–Kier alpha value is -0.930. The number of nitrogens with zero attached hydrogens (tertiary/aromatic N) is 3. The molecule has 1 saturated heterocycles. The zero-order valence-corrected chi connectivity index (χ0v) is 10.3. The lowest BCUT2D eigenvalue weighted by molar-refractivity contribution is 0.103. The molecule has 0 unspecified atom stereocenters. The molecule has 0 aliphatic carbocycles. The molecule has 1 aromatic rings. The first-order valence-corrected chi connectivity index (χ1v) is 6.12. The second kappa shape index (κ2) is 6.72. The van der Waals surface area contributed by atoms with Crippen LogP contribution in [0.2, 0.25) is 0 Å². The Morgan fingerprint density at radius 3 is 2.41 bits per heavy atom. The predicted molar refractivity (Wildman–Crippen MR) is 73.0 cm³/mol. The molecule has 17 heavy (non-hydrogen) atoms. The molecule has 0 saturated carbocycles. The molecule has 0 bridgehead atoms. The van der Waals surface area contributed by atoms with Gasteiger partial charge in [0, 0.05) is 45.0 Å². The number of aromatic nitrogens is 1. The minimum Gasteiger partial charge on any atom is -0.298 e. The summed E-state index contributed by atoms with van der Waals surface area (Å²) in [6.07, 6.45) is 1.87. The van der Waals surface area contributed by atoms with Crippen LogP contribution in [0.25, 0.3) is 0 Å². The Morgan fingerprint density at radius 1 is 1.18 bits per heavy atom. The fourth-order valence-electron chi connectivity index (χ4n) is 2.16. The molecule has 0 amide bonds. The average Bonchev–Trinajstić information content (AvgIpc) is 2.31. The fraction of sp³-hybridized carbons (Fsp3) is 0.643. The lowest BCUT2D eigenvalue weighted by Gasteiger charge is -2.36. The van der Waals surface area contributed by atoms with E-state index in [1.807, 2.05) is 12.3 Å². The first-order chi connectivity index (χ1) is 7.75. The van der Waals surface area contributed by atoms with Crippen LogP contribution < -0.4 is 0 Å². The van der Waals surface area contributed by atoms with Gasteiger partial charge in [-0.2, -0.15) is 0 Å². The summed E-state index contributed by atoms with van der Waals surface area (Å²) < 4.78 is 0. The van der Waals surface area contributed by atoms with Crippen LogP contribution in [0, 0.1) is 0 Å². The first kappa shape index (κ1) is 14.1. The highest BCUT2D eigenvalue weighted by Crippen LogP contribution is 2.08. The van der Waals surface area contributed by atoms with Gasteiger partial charge in [0.25, 0.3) is 0 Å². The summed E-state index contributed by atoms with van der Waals surface area (Å²) in [5, 5.41) is 0. The van der Waals surface area contributed by atoms with E-state index in [1.54, 1.807) is 0 Å². The second-order valence-electron chi connectivity index (χ2n) is 4.73. The van der Waals surface area contributed by atoms with Crippen LogP contribution in [0.3, 0.4) is 0 Å². The summed E-state index contributed by atoms with van der Waals surface area (Å²) in [5.74, 6) is 0. The number of piperazine rings is 1. The molecule has 3 nitrogen and oxygen atoms in total. The molecule has 1 fully saturated rings. The van der Waals surface area contributed by atoms with Crippen LogP contribution in [0.1, 0.15) is 27.0 Å². The van der Waals surface area contributed by atoms with E-state index in [4.69, 9.17) is 0 Å². The monoisotopic (exact) mass is 235 g/mol. The molecule has 3 heteroatoms. The maximum atomic E-state index is 4.37. The molecule has 0 spiro atoms. The highest BCUT2D eigenvalue weighted by molar-refractivity contribution is 5.03. The van der Waals surface area contributed by atoms with E-state index in [0.717, 1.165) is 19.6 Å². The van der Waals surface area contributed by atoms with Gasteiger partial charge in [-0.3, -0.25) is 14.8 Å². The van der Waals surface area contributed by atoms with Gasteiger partial charge in [0.2, 0.25) is 0 Å². The van der Waals surface area contributed by atoms with E-state index < -0.39 is 0 Å². The summed E-state index contributed by atoms with van der Waals surface area (Å²) in [6, 6.07) is 6.82. The molecule has 1 aliphatic heterocycles. The molecular weight excluding hydrogens is 210 g/mol. The second-order valence-corrected chi connectivity index (χ2v) is 4.73. The van der Waals surface area contributed by atoms with E-state index in [2.05, 4.69) is 40.8 Å². The Kier molecular flexibility index (Phi) is 5.59. The maximum Gasteiger partial charge on any atom is 0.0543 e. The summed E-state index contributed by atoms with van der Waals surface area (Å²) in [7, 11) is 0. The summed E-state index contributed by atoms with van der Waals surface area (Å²) in [4.78, 5) is 9.40. The number of hydrogen-bond acceptors (Lipinski definition) is 3. The van der Waals surface area contributed by atoms with Gasteiger partial charge in [0.15, 0.2) is 0 Å². The van der Waals surface area contributed by atoms with Crippen LogP contribution in [-0.4, -0.2) is 47.0 Å². The van der Waals surface area contributed by atoms with E-state index in [-0.39, 0.29) is 7.43 Å². The molecular formula is C14H25N3. The zero-order valence-electron chi connectivity index (χ0n) is 10.3. The Labute approximate surface area is 105 Å². The van der Waals surface area contributed by atoms with Crippen LogP contribution in [0.4, 0.5) is 0 Å². The normalized spacial score (nSPS) is 18.1. The van der Waals surface area contributed by atoms with Gasteiger partial charge >= 0.3 is 0 Å². The van der Waals surface area contributed by atoms with Crippen molar-refractivity contribution in [1.29, 1.82) is 0 Å². The van der Waals surface area contributed by atoms with Crippen molar-refractivity contribution in [3.8, 4) is 0 Å². The Balaban J connectivity index is 0.00000144. The third kappa shape index (κ3) is 4.10. The van der Waals surface area contributed by atoms with E-state index in [1.165, 1.54) is 18.8 Å². The molecule has 0 aromatic carbocycles. The summed E-state index contributed by atoms with van der Waals surface area (Å²) in [6.45, 7) is 10.2. The van der Waals surface area contributed by atoms with Gasteiger partial charge in [0.05, 0.1) is 5.69 Å². The SMILES string of the molecule is C.CC(C)N1CCN(Cc2ccccn2)CC1. The smallest absolute Gasteiger partial charge is 0.0543 e. The molecule has 1 aliphatic rings. The molecule has 96 valence electrons. The van der Waals surface area contributed by atoms with Crippen LogP contribution >= 0.6 is 0 Å². The van der Waals surface area contributed by atoms with Crippen LogP contribution in [-0.2, 0) is 6.54 Å². The van der Waals surface area contributed by atoms with Gasteiger partial charge in [-0.25, -0.2) is 0 Å². The van der Waals surface area contributed by atoms with E-state index >= 15 is 0 Å². The van der Waals surface area contributed by atoms with Gasteiger partial charge < -0.3 is 0 Å². The lowest BCUT2D eigenvalue weighted by Crippen LogP contribution is -2.48. The summed E-state index contributed by atoms with van der Waals surface area (Å²) in [5.41, 5.74) is 1.18. The van der Waals surface area contributed by atoms with Gasteiger partial charge in [0.1, 0.15) is 0 Å². The highest BCUT2D eigenvalue weighted by atomic mass is 15.3. The lowest BCUT2D eigenvalue weighted by atomic mass is 10.2. The van der Waals surface area contributed by atoms with Crippen LogP contribution in [0.5, 0.6) is 0 Å². The van der Waals surface area contributed by atoms with E-state index in [9.17, 15) is 0 Å². The molecule has 2 rings (SSSR count). The van der Waals surface area contributed by atoms with Crippen molar-refractivity contribution in [2.75, 3.05) is 26.2 Å². The fourth-order valence-corrected chi connectivity index (χ4v) is 2.16. The third-order valence-electron chi connectivity index (χ3n) is 3.25. The van der Waals surface area contributed by atoms with Crippen LogP contribution in [0.15, 0.2) is 24.4 Å². The number of rotatable bonds is 3. The Morgan fingerprint density at radius 2 is 1.88 bits per heavy atom. The maximum absolute atomic E-state index is 4.37. The minimum atomic E-state index is 0. The standard InChI is InChI=1S/C13H21N3.CH4/c1-12(2)16-9-7-15(8-10-16)11-13-5-3-4-6-14-13;/h3-6,12H,7-11H2,1-2H3;1H4. The van der Waals surface area contributed by atoms with Crippen molar-refractivity contribution >= 4 is 0 Å². The van der Waals surface area contributed by atoms with Crippen molar-refractivity contribution < 1.29 is 0 Å². The summed E-state index contributed by atoms with van der Waals surface area (Å²) >= 11 is 0. The highest BCUT2D eigenvalue weighted by Gasteiger charge is 2.18. The van der Waals surface area contributed by atoms with Gasteiger partial charge in [-0.1, -0.05) is 13.5 Å². The topological polar surface area (TPSA) is 19.4 Å². The largest absolute Gasteiger partial charge is 0.298 e. The van der Waals surface area contributed by atoms with Crippen molar-refractivity contribution in [3.05, 3.63) is 30.1 Å². The molecule has 2 heterocycles. The van der Waals surface area contributed by atoms with Crippen molar-refractivity contribution in [3.63, 3.8) is 0 Å². The van der Waals surface area contributed by atoms with Gasteiger partial charge in [-0.05, 0) is 26.0 Å². The van der Waals surface area contributed by atoms with Gasteiger partial charge in [-0.15, -0.1) is 0 Å². The van der Waals surface area contributed by atoms with Crippen molar-refractivity contribution in [2.24, 2.45) is 0 Å². The van der Waals surface area contributed by atoms with E-state index in [0.29, 0.717) is 6.04 Å². The first-order valence-electron chi connectivity index (χ1n) is 6.12. The average molecular weight is 235 g/mol. The minimum absolute atomic E-state index is 0. The Bertz CT molecular complexity index is 303. The molecule has 0 atom stereocenters. The molecule has 0 radical (unpaired) electrons. The third-order valence-corrected chi connectivity index (χ3v) is 3.25. The quantitative estimate of drug-likeness (QED) is 0.801. The van der Waals surface area contributed by atoms with Crippen molar-refractivity contribution in [1.82, 2.24) is 14.8 Å². The molecule has 1 aromatic heterocycles. The van der Waals surface area contributed by atoms with Crippen molar-refractivity contribution in [2.45, 2.75) is 33.9 Å². The number of pyridine rings is 1.